The van der Waals surface area contributed by atoms with Crippen molar-refractivity contribution in [2.45, 2.75) is 32.9 Å². The van der Waals surface area contributed by atoms with Crippen LogP contribution in [0.25, 0.3) is 0 Å². The average Bonchev–Trinajstić information content (AvgIpc) is 2.68. The van der Waals surface area contributed by atoms with Gasteiger partial charge in [0.25, 0.3) is 0 Å². The number of benzene rings is 1. The third kappa shape index (κ3) is 5.16. The Balaban J connectivity index is 1.57. The molecule has 0 bridgehead atoms. The van der Waals surface area contributed by atoms with Gasteiger partial charge in [-0.05, 0) is 38.5 Å². The van der Waals surface area contributed by atoms with Gasteiger partial charge in [-0.15, -0.1) is 0 Å². The highest BCUT2D eigenvalue weighted by Gasteiger charge is 2.20. The van der Waals surface area contributed by atoms with Gasteiger partial charge in [-0.2, -0.15) is 0 Å². The van der Waals surface area contributed by atoms with E-state index in [2.05, 4.69) is 44.2 Å². The zero-order valence-electron chi connectivity index (χ0n) is 16.5. The van der Waals surface area contributed by atoms with Gasteiger partial charge in [0.2, 0.25) is 0 Å². The van der Waals surface area contributed by atoms with E-state index < -0.39 is 0 Å². The zero-order chi connectivity index (χ0) is 20.1. The van der Waals surface area contributed by atoms with Crippen LogP contribution < -0.4 is 15.5 Å². The Morgan fingerprint density at radius 2 is 1.75 bits per heavy atom. The van der Waals surface area contributed by atoms with Crippen LogP contribution in [-0.2, 0) is 0 Å². The van der Waals surface area contributed by atoms with E-state index in [-0.39, 0.29) is 17.9 Å². The maximum absolute atomic E-state index is 13.0. The molecule has 1 aromatic carbocycles. The van der Waals surface area contributed by atoms with Gasteiger partial charge in [-0.3, -0.25) is 10.2 Å². The predicted octanol–water partition coefficient (Wildman–Crippen LogP) is 3.03. The lowest BCUT2D eigenvalue weighted by atomic mass is 10.1. The van der Waals surface area contributed by atoms with Crippen LogP contribution >= 0.6 is 0 Å². The molecule has 28 heavy (non-hydrogen) atoms. The summed E-state index contributed by atoms with van der Waals surface area (Å²) in [5, 5.41) is 5.58. The number of carbonyl (C=O) groups is 1. The van der Waals surface area contributed by atoms with Crippen LogP contribution in [0.1, 0.15) is 32.4 Å². The minimum atomic E-state index is -0.369. The number of halogens is 1. The lowest BCUT2D eigenvalue weighted by Gasteiger charge is -2.37. The third-order valence-electron chi connectivity index (χ3n) is 4.98. The molecule has 3 rings (SSSR count). The molecule has 2 N–H and O–H groups in total. The van der Waals surface area contributed by atoms with Gasteiger partial charge in [0.15, 0.2) is 0 Å². The minimum Gasteiger partial charge on any atom is -0.354 e. The number of amides is 2. The first kappa shape index (κ1) is 20.0. The van der Waals surface area contributed by atoms with Crippen LogP contribution in [0.3, 0.4) is 0 Å². The van der Waals surface area contributed by atoms with E-state index in [4.69, 9.17) is 0 Å². The van der Waals surface area contributed by atoms with E-state index in [0.717, 1.165) is 37.6 Å². The number of hydrogen-bond acceptors (Lipinski definition) is 5. The molecule has 8 heteroatoms. The van der Waals surface area contributed by atoms with E-state index in [1.807, 2.05) is 6.92 Å². The summed E-state index contributed by atoms with van der Waals surface area (Å²) in [5.74, 6) is 0.948. The summed E-state index contributed by atoms with van der Waals surface area (Å²) in [4.78, 5) is 25.4. The summed E-state index contributed by atoms with van der Waals surface area (Å²) in [6.07, 6.45) is 1.46. The molecule has 2 heterocycles. The molecule has 0 aliphatic carbocycles. The second-order valence-corrected chi connectivity index (χ2v) is 7.25. The SMILES string of the molecule is CC(NC(=O)Nc1cc(N2CCN(C(C)C)CC2)ncn1)c1ccc(F)cc1. The molecule has 1 aromatic heterocycles. The average molecular weight is 386 g/mol. The maximum atomic E-state index is 13.0. The van der Waals surface area contributed by atoms with Crippen LogP contribution in [0, 0.1) is 5.82 Å². The highest BCUT2D eigenvalue weighted by molar-refractivity contribution is 5.88. The Bertz CT molecular complexity index is 790. The fourth-order valence-corrected chi connectivity index (χ4v) is 3.24. The lowest BCUT2D eigenvalue weighted by molar-refractivity contribution is 0.209. The van der Waals surface area contributed by atoms with Crippen molar-refractivity contribution in [2.75, 3.05) is 36.4 Å². The molecule has 1 fully saturated rings. The molecule has 150 valence electrons. The molecule has 1 saturated heterocycles. The molecule has 1 aliphatic rings. The van der Waals surface area contributed by atoms with E-state index >= 15 is 0 Å². The monoisotopic (exact) mass is 386 g/mol. The molecule has 0 spiro atoms. The van der Waals surface area contributed by atoms with Gasteiger partial charge < -0.3 is 10.2 Å². The van der Waals surface area contributed by atoms with Gasteiger partial charge in [-0.25, -0.2) is 19.2 Å². The van der Waals surface area contributed by atoms with Gasteiger partial charge in [0, 0.05) is 38.3 Å². The molecule has 1 unspecified atom stereocenters. The highest BCUT2D eigenvalue weighted by Crippen LogP contribution is 2.18. The van der Waals surface area contributed by atoms with Crippen molar-refractivity contribution in [2.24, 2.45) is 0 Å². The number of hydrogen-bond donors (Lipinski definition) is 2. The predicted molar refractivity (Wildman–Crippen MR) is 108 cm³/mol. The maximum Gasteiger partial charge on any atom is 0.320 e. The van der Waals surface area contributed by atoms with Crippen LogP contribution in [-0.4, -0.2) is 53.1 Å². The Morgan fingerprint density at radius 3 is 2.39 bits per heavy atom. The number of piperazine rings is 1. The second-order valence-electron chi connectivity index (χ2n) is 7.25. The number of carbonyl (C=O) groups excluding carboxylic acids is 1. The van der Waals surface area contributed by atoms with Crippen LogP contribution in [0.2, 0.25) is 0 Å². The van der Waals surface area contributed by atoms with Crippen molar-refractivity contribution in [3.63, 3.8) is 0 Å². The summed E-state index contributed by atoms with van der Waals surface area (Å²) >= 11 is 0. The molecule has 1 atom stereocenters. The second kappa shape index (κ2) is 8.97. The number of nitrogens with zero attached hydrogens (tertiary/aromatic N) is 4. The van der Waals surface area contributed by atoms with Gasteiger partial charge in [0.05, 0.1) is 6.04 Å². The summed E-state index contributed by atoms with van der Waals surface area (Å²) in [5.41, 5.74) is 0.822. The van der Waals surface area contributed by atoms with E-state index in [1.165, 1.54) is 18.5 Å². The third-order valence-corrected chi connectivity index (χ3v) is 4.98. The van der Waals surface area contributed by atoms with Gasteiger partial charge in [-0.1, -0.05) is 12.1 Å². The van der Waals surface area contributed by atoms with Crippen LogP contribution in [0.15, 0.2) is 36.7 Å². The fourth-order valence-electron chi connectivity index (χ4n) is 3.24. The van der Waals surface area contributed by atoms with Crippen molar-refractivity contribution < 1.29 is 9.18 Å². The Kier molecular flexibility index (Phi) is 6.41. The summed E-state index contributed by atoms with van der Waals surface area (Å²) in [6, 6.07) is 7.75. The molecular weight excluding hydrogens is 359 g/mol. The molecule has 0 saturated carbocycles. The molecule has 1 aliphatic heterocycles. The minimum absolute atomic E-state index is 0.258. The van der Waals surface area contributed by atoms with Crippen molar-refractivity contribution in [3.8, 4) is 0 Å². The Morgan fingerprint density at radius 1 is 1.07 bits per heavy atom. The first-order valence-corrected chi connectivity index (χ1v) is 9.56. The first-order valence-electron chi connectivity index (χ1n) is 9.56. The van der Waals surface area contributed by atoms with Crippen molar-refractivity contribution in [1.29, 1.82) is 0 Å². The molecule has 2 aromatic rings. The zero-order valence-corrected chi connectivity index (χ0v) is 16.5. The van der Waals surface area contributed by atoms with Crippen molar-refractivity contribution in [3.05, 3.63) is 48.0 Å². The smallest absolute Gasteiger partial charge is 0.320 e. The highest BCUT2D eigenvalue weighted by atomic mass is 19.1. The van der Waals surface area contributed by atoms with Gasteiger partial charge >= 0.3 is 6.03 Å². The lowest BCUT2D eigenvalue weighted by Crippen LogP contribution is -2.49. The Labute approximate surface area is 165 Å². The quantitative estimate of drug-likeness (QED) is 0.826. The van der Waals surface area contributed by atoms with E-state index in [1.54, 1.807) is 18.2 Å². The van der Waals surface area contributed by atoms with E-state index in [0.29, 0.717) is 11.9 Å². The molecular formula is C20H27FN6O. The van der Waals surface area contributed by atoms with Crippen LogP contribution in [0.4, 0.5) is 20.8 Å². The first-order chi connectivity index (χ1) is 13.4. The number of anilines is 2. The number of urea groups is 1. The van der Waals surface area contributed by atoms with Crippen molar-refractivity contribution in [1.82, 2.24) is 20.2 Å². The number of nitrogens with one attached hydrogen (secondary N) is 2. The molecule has 0 radical (unpaired) electrons. The van der Waals surface area contributed by atoms with E-state index in [9.17, 15) is 9.18 Å². The molecule has 7 nitrogen and oxygen atoms in total. The topological polar surface area (TPSA) is 73.4 Å². The normalized spacial score (nSPS) is 16.1. The largest absolute Gasteiger partial charge is 0.354 e. The van der Waals surface area contributed by atoms with Crippen molar-refractivity contribution >= 4 is 17.7 Å². The Hall–Kier alpha value is -2.74. The fraction of sp³-hybridized carbons (Fsp3) is 0.450. The van der Waals surface area contributed by atoms with Crippen LogP contribution in [0.5, 0.6) is 0 Å². The standard InChI is InChI=1S/C20H27FN6O/c1-14(2)26-8-10-27(11-9-26)19-12-18(22-13-23-19)25-20(28)24-15(3)16-4-6-17(21)7-5-16/h4-7,12-15H,8-11H2,1-3H3,(H2,22,23,24,25,28). The summed E-state index contributed by atoms with van der Waals surface area (Å²) in [7, 11) is 0. The number of aromatic nitrogens is 2. The summed E-state index contributed by atoms with van der Waals surface area (Å²) < 4.78 is 13.0. The molecule has 2 amide bonds. The van der Waals surface area contributed by atoms with Gasteiger partial charge in [0.1, 0.15) is 23.8 Å². The number of rotatable bonds is 5. The summed E-state index contributed by atoms with van der Waals surface area (Å²) in [6.45, 7) is 10.00.